The van der Waals surface area contributed by atoms with Crippen LogP contribution in [0.1, 0.15) is 37.7 Å². The minimum atomic E-state index is 0.0248. The molecule has 102 valence electrons. The van der Waals surface area contributed by atoms with Gasteiger partial charge in [0.05, 0.1) is 6.04 Å². The minimum Gasteiger partial charge on any atom is -0.351 e. The van der Waals surface area contributed by atoms with Crippen LogP contribution in [0.2, 0.25) is 0 Å². The lowest BCUT2D eigenvalue weighted by atomic mass is 9.85. The zero-order valence-corrected chi connectivity index (χ0v) is 11.3. The van der Waals surface area contributed by atoms with Gasteiger partial charge in [-0.15, -0.1) is 0 Å². The van der Waals surface area contributed by atoms with Crippen LogP contribution in [0.5, 0.6) is 0 Å². The average molecular weight is 258 g/mol. The Hall–Kier alpha value is -1.35. The Labute approximate surface area is 114 Å². The molecule has 1 aliphatic carbocycles. The normalized spacial score (nSPS) is 29.8. The Kier molecular flexibility index (Phi) is 3.83. The average Bonchev–Trinajstić information content (AvgIpc) is 2.90. The second-order valence-corrected chi connectivity index (χ2v) is 5.81. The molecule has 2 aliphatic rings. The third-order valence-corrected chi connectivity index (χ3v) is 4.49. The molecular formula is C16H22N2O. The maximum absolute atomic E-state index is 12.2. The predicted octanol–water partition coefficient (Wildman–Crippen LogP) is 2.22. The Morgan fingerprint density at radius 1 is 1.21 bits per heavy atom. The molecule has 1 amide bonds. The molecule has 0 radical (unpaired) electrons. The summed E-state index contributed by atoms with van der Waals surface area (Å²) < 4.78 is 0. The highest BCUT2D eigenvalue weighted by Gasteiger charge is 2.37. The Bertz CT molecular complexity index is 418. The molecule has 2 N–H and O–H groups in total. The SMILES string of the molecule is O=C(NCc1ccccc1)C1CC2CCCCC2N1. The van der Waals surface area contributed by atoms with Gasteiger partial charge in [-0.05, 0) is 30.7 Å². The number of carbonyl (C=O) groups is 1. The molecule has 19 heavy (non-hydrogen) atoms. The van der Waals surface area contributed by atoms with E-state index in [0.717, 1.165) is 17.9 Å². The van der Waals surface area contributed by atoms with Crippen LogP contribution in [0, 0.1) is 5.92 Å². The van der Waals surface area contributed by atoms with E-state index in [-0.39, 0.29) is 11.9 Å². The fourth-order valence-electron chi connectivity index (χ4n) is 3.43. The fourth-order valence-corrected chi connectivity index (χ4v) is 3.43. The van der Waals surface area contributed by atoms with E-state index in [2.05, 4.69) is 10.6 Å². The largest absolute Gasteiger partial charge is 0.351 e. The first-order chi connectivity index (χ1) is 9.33. The second kappa shape index (κ2) is 5.74. The summed E-state index contributed by atoms with van der Waals surface area (Å²) in [4.78, 5) is 12.2. The van der Waals surface area contributed by atoms with Crippen molar-refractivity contribution >= 4 is 5.91 Å². The highest BCUT2D eigenvalue weighted by molar-refractivity contribution is 5.82. The zero-order valence-electron chi connectivity index (χ0n) is 11.3. The van der Waals surface area contributed by atoms with Crippen LogP contribution in [0.15, 0.2) is 30.3 Å². The molecule has 0 aromatic heterocycles. The zero-order chi connectivity index (χ0) is 13.1. The molecule has 3 heteroatoms. The third kappa shape index (κ3) is 2.98. The maximum atomic E-state index is 12.2. The number of carbonyl (C=O) groups excluding carboxylic acids is 1. The summed E-state index contributed by atoms with van der Waals surface area (Å²) in [6, 6.07) is 10.7. The second-order valence-electron chi connectivity index (χ2n) is 5.81. The molecule has 0 bridgehead atoms. The number of rotatable bonds is 3. The Morgan fingerprint density at radius 2 is 2.00 bits per heavy atom. The van der Waals surface area contributed by atoms with Crippen LogP contribution in [-0.2, 0) is 11.3 Å². The van der Waals surface area contributed by atoms with Gasteiger partial charge in [0.2, 0.25) is 5.91 Å². The van der Waals surface area contributed by atoms with E-state index in [1.165, 1.54) is 25.7 Å². The van der Waals surface area contributed by atoms with E-state index in [1.54, 1.807) is 0 Å². The van der Waals surface area contributed by atoms with Crippen LogP contribution < -0.4 is 10.6 Å². The predicted molar refractivity (Wildman–Crippen MR) is 75.6 cm³/mol. The standard InChI is InChI=1S/C16H22N2O/c19-16(17-11-12-6-2-1-3-7-12)15-10-13-8-4-5-9-14(13)18-15/h1-3,6-7,13-15,18H,4-5,8-11H2,(H,17,19). The number of amides is 1. The maximum Gasteiger partial charge on any atom is 0.237 e. The summed E-state index contributed by atoms with van der Waals surface area (Å²) in [5.74, 6) is 0.888. The minimum absolute atomic E-state index is 0.0248. The molecule has 1 aromatic carbocycles. The van der Waals surface area contributed by atoms with E-state index >= 15 is 0 Å². The lowest BCUT2D eigenvalue weighted by molar-refractivity contribution is -0.123. The summed E-state index contributed by atoms with van der Waals surface area (Å²) in [6.45, 7) is 0.632. The summed E-state index contributed by atoms with van der Waals surface area (Å²) >= 11 is 0. The molecular weight excluding hydrogens is 236 g/mol. The van der Waals surface area contributed by atoms with Crippen molar-refractivity contribution in [2.45, 2.75) is 50.7 Å². The topological polar surface area (TPSA) is 41.1 Å². The number of fused-ring (bicyclic) bond motifs is 1. The van der Waals surface area contributed by atoms with Crippen LogP contribution in [0.3, 0.4) is 0 Å². The summed E-state index contributed by atoms with van der Waals surface area (Å²) in [7, 11) is 0. The molecule has 1 aromatic rings. The first-order valence-corrected chi connectivity index (χ1v) is 7.40. The van der Waals surface area contributed by atoms with E-state index in [4.69, 9.17) is 0 Å². The number of benzene rings is 1. The first-order valence-electron chi connectivity index (χ1n) is 7.40. The molecule has 1 saturated heterocycles. The van der Waals surface area contributed by atoms with Gasteiger partial charge in [-0.2, -0.15) is 0 Å². The van der Waals surface area contributed by atoms with Crippen molar-refractivity contribution in [1.29, 1.82) is 0 Å². The van der Waals surface area contributed by atoms with Crippen LogP contribution in [0.4, 0.5) is 0 Å². The van der Waals surface area contributed by atoms with Crippen LogP contribution in [-0.4, -0.2) is 18.0 Å². The Balaban J connectivity index is 1.51. The van der Waals surface area contributed by atoms with E-state index in [1.807, 2.05) is 30.3 Å². The third-order valence-electron chi connectivity index (χ3n) is 4.49. The van der Waals surface area contributed by atoms with Crippen molar-refractivity contribution in [2.24, 2.45) is 5.92 Å². The lowest BCUT2D eigenvalue weighted by Gasteiger charge is -2.24. The fraction of sp³-hybridized carbons (Fsp3) is 0.562. The van der Waals surface area contributed by atoms with Gasteiger partial charge in [0.25, 0.3) is 0 Å². The van der Waals surface area contributed by atoms with Crippen molar-refractivity contribution in [2.75, 3.05) is 0 Å². The van der Waals surface area contributed by atoms with Gasteiger partial charge in [0.15, 0.2) is 0 Å². The Morgan fingerprint density at radius 3 is 2.79 bits per heavy atom. The van der Waals surface area contributed by atoms with Gasteiger partial charge in [0.1, 0.15) is 0 Å². The van der Waals surface area contributed by atoms with Gasteiger partial charge >= 0.3 is 0 Å². The van der Waals surface area contributed by atoms with Crippen molar-refractivity contribution in [3.05, 3.63) is 35.9 Å². The lowest BCUT2D eigenvalue weighted by Crippen LogP contribution is -2.42. The molecule has 1 aliphatic heterocycles. The molecule has 1 saturated carbocycles. The van der Waals surface area contributed by atoms with Gasteiger partial charge < -0.3 is 10.6 Å². The number of hydrogen-bond acceptors (Lipinski definition) is 2. The molecule has 1 heterocycles. The van der Waals surface area contributed by atoms with Gasteiger partial charge in [-0.3, -0.25) is 4.79 Å². The monoisotopic (exact) mass is 258 g/mol. The van der Waals surface area contributed by atoms with E-state index in [0.29, 0.717) is 12.6 Å². The highest BCUT2D eigenvalue weighted by atomic mass is 16.2. The van der Waals surface area contributed by atoms with Gasteiger partial charge in [0, 0.05) is 12.6 Å². The molecule has 3 atom stereocenters. The summed E-state index contributed by atoms with van der Waals surface area (Å²) in [6.07, 6.45) is 6.20. The molecule has 0 spiro atoms. The molecule has 3 nitrogen and oxygen atoms in total. The van der Waals surface area contributed by atoms with Crippen molar-refractivity contribution in [3.63, 3.8) is 0 Å². The van der Waals surface area contributed by atoms with Crippen molar-refractivity contribution in [3.8, 4) is 0 Å². The quantitative estimate of drug-likeness (QED) is 0.873. The van der Waals surface area contributed by atoms with Gasteiger partial charge in [-0.25, -0.2) is 0 Å². The molecule has 3 unspecified atom stereocenters. The van der Waals surface area contributed by atoms with Crippen molar-refractivity contribution < 1.29 is 4.79 Å². The van der Waals surface area contributed by atoms with Crippen LogP contribution in [0.25, 0.3) is 0 Å². The first kappa shape index (κ1) is 12.7. The summed E-state index contributed by atoms with van der Waals surface area (Å²) in [5.41, 5.74) is 1.16. The number of hydrogen-bond donors (Lipinski definition) is 2. The highest BCUT2D eigenvalue weighted by Crippen LogP contribution is 2.33. The molecule has 2 fully saturated rings. The van der Waals surface area contributed by atoms with Crippen molar-refractivity contribution in [1.82, 2.24) is 10.6 Å². The van der Waals surface area contributed by atoms with E-state index < -0.39 is 0 Å². The smallest absolute Gasteiger partial charge is 0.237 e. The number of nitrogens with one attached hydrogen (secondary N) is 2. The van der Waals surface area contributed by atoms with Crippen LogP contribution >= 0.6 is 0 Å². The van der Waals surface area contributed by atoms with E-state index in [9.17, 15) is 4.79 Å². The summed E-state index contributed by atoms with van der Waals surface area (Å²) in [5, 5.41) is 6.57. The molecule has 3 rings (SSSR count). The van der Waals surface area contributed by atoms with Gasteiger partial charge in [-0.1, -0.05) is 43.2 Å².